The summed E-state index contributed by atoms with van der Waals surface area (Å²) in [5, 5.41) is 6.40. The number of aromatic nitrogens is 1. The molecule has 2 atom stereocenters. The Morgan fingerprint density at radius 2 is 2.24 bits per heavy atom. The van der Waals surface area contributed by atoms with Gasteiger partial charge in [0.2, 0.25) is 0 Å². The van der Waals surface area contributed by atoms with Crippen LogP contribution in [-0.4, -0.2) is 38.0 Å². The number of methoxy groups -OCH3 is 1. The molecule has 0 aliphatic carbocycles. The first-order valence-corrected chi connectivity index (χ1v) is 11.6. The first-order valence-electron chi connectivity index (χ1n) is 10.8. The predicted octanol–water partition coefficient (Wildman–Crippen LogP) is 5.62. The average molecular weight is 421 g/mol. The quantitative estimate of drug-likeness (QED) is 0.479. The summed E-state index contributed by atoms with van der Waals surface area (Å²) in [6, 6.07) is 7.84. The Morgan fingerprint density at radius 3 is 3.14 bits per heavy atom. The molecule has 1 aromatic carbocycles. The van der Waals surface area contributed by atoms with Gasteiger partial charge in [-0.2, -0.15) is 0 Å². The van der Waals surface area contributed by atoms with Gasteiger partial charge in [-0.15, -0.1) is 11.3 Å². The molecule has 160 valence electrons. The molecule has 2 aromatic rings. The summed E-state index contributed by atoms with van der Waals surface area (Å²) in [6.07, 6.45) is 6.91. The molecular formula is C23H33FN2O2S. The van der Waals surface area contributed by atoms with Crippen molar-refractivity contribution in [3.63, 3.8) is 0 Å². The number of rotatable bonds is 11. The maximum Gasteiger partial charge on any atom is 0.123 e. The normalized spacial score (nSPS) is 18.3. The van der Waals surface area contributed by atoms with Gasteiger partial charge in [-0.3, -0.25) is 0 Å². The molecule has 1 aromatic heterocycles. The summed E-state index contributed by atoms with van der Waals surface area (Å²) in [4.78, 5) is 4.60. The topological polar surface area (TPSA) is 43.4 Å². The van der Waals surface area contributed by atoms with Crippen LogP contribution in [0.4, 0.5) is 4.39 Å². The number of thiazole rings is 1. The Bertz CT molecular complexity index is 716. The van der Waals surface area contributed by atoms with Crippen LogP contribution in [0.25, 0.3) is 10.6 Å². The molecule has 1 aliphatic heterocycles. The summed E-state index contributed by atoms with van der Waals surface area (Å²) in [6.45, 7) is 2.79. The van der Waals surface area contributed by atoms with Crippen molar-refractivity contribution in [2.45, 2.75) is 57.7 Å². The Morgan fingerprint density at radius 1 is 1.31 bits per heavy atom. The van der Waals surface area contributed by atoms with E-state index in [0.29, 0.717) is 13.0 Å². The minimum atomic E-state index is -0.890. The minimum Gasteiger partial charge on any atom is -0.497 e. The Balaban J connectivity index is 1.31. The highest BCUT2D eigenvalue weighted by Crippen LogP contribution is 2.27. The summed E-state index contributed by atoms with van der Waals surface area (Å²) in [7, 11) is 1.65. The van der Waals surface area contributed by atoms with Gasteiger partial charge in [-0.1, -0.05) is 31.4 Å². The number of nitrogens with zero attached hydrogens (tertiary/aromatic N) is 1. The van der Waals surface area contributed by atoms with Crippen molar-refractivity contribution in [1.29, 1.82) is 0 Å². The van der Waals surface area contributed by atoms with E-state index in [1.54, 1.807) is 18.4 Å². The van der Waals surface area contributed by atoms with Gasteiger partial charge in [0.05, 0.1) is 26.0 Å². The zero-order valence-electron chi connectivity index (χ0n) is 17.4. The zero-order chi connectivity index (χ0) is 20.3. The molecule has 4 nitrogen and oxygen atoms in total. The standard InChI is InChI=1S/C23H33FN2O2S/c1-27-22-11-6-9-19(13-22)23-26-21(17-29-23)16-28-15-20(24)10-3-2-7-18-8-4-5-12-25-14-18/h6,9,11,13,17-18,20,25H,2-5,7-8,10,12,14-16H2,1H3/t18?,20-/m0/s1. The van der Waals surface area contributed by atoms with Gasteiger partial charge in [-0.25, -0.2) is 9.37 Å². The van der Waals surface area contributed by atoms with Crippen LogP contribution < -0.4 is 10.1 Å². The SMILES string of the molecule is COc1cccc(-c2nc(COC[C@@H](F)CCCCC3CCCCNC3)cs2)c1. The van der Waals surface area contributed by atoms with Crippen molar-refractivity contribution in [3.8, 4) is 16.3 Å². The van der Waals surface area contributed by atoms with E-state index in [1.165, 1.54) is 25.7 Å². The third-order valence-electron chi connectivity index (χ3n) is 5.45. The van der Waals surface area contributed by atoms with E-state index in [2.05, 4.69) is 10.3 Å². The first kappa shape index (κ1) is 22.2. The van der Waals surface area contributed by atoms with Gasteiger partial charge in [0.1, 0.15) is 16.9 Å². The van der Waals surface area contributed by atoms with Crippen LogP contribution in [0, 0.1) is 5.92 Å². The summed E-state index contributed by atoms with van der Waals surface area (Å²) in [5.74, 6) is 1.58. The maximum absolute atomic E-state index is 14.1. The molecule has 1 fully saturated rings. The number of hydrogen-bond acceptors (Lipinski definition) is 5. The lowest BCUT2D eigenvalue weighted by Crippen LogP contribution is -2.20. The number of halogens is 1. The second-order valence-electron chi connectivity index (χ2n) is 7.84. The number of unbranched alkanes of at least 4 members (excludes halogenated alkanes) is 1. The fourth-order valence-electron chi connectivity index (χ4n) is 3.77. The summed E-state index contributed by atoms with van der Waals surface area (Å²) >= 11 is 1.57. The number of ether oxygens (including phenoxy) is 2. The van der Waals surface area contributed by atoms with Gasteiger partial charge in [0, 0.05) is 10.9 Å². The monoisotopic (exact) mass is 420 g/mol. The lowest BCUT2D eigenvalue weighted by atomic mass is 9.96. The Kier molecular flexibility index (Phi) is 9.38. The number of nitrogens with one attached hydrogen (secondary N) is 1. The fourth-order valence-corrected chi connectivity index (χ4v) is 4.57. The van der Waals surface area contributed by atoms with E-state index < -0.39 is 6.17 Å². The second-order valence-corrected chi connectivity index (χ2v) is 8.70. The van der Waals surface area contributed by atoms with E-state index in [9.17, 15) is 4.39 Å². The highest BCUT2D eigenvalue weighted by molar-refractivity contribution is 7.13. The number of benzene rings is 1. The molecule has 0 spiro atoms. The Hall–Kier alpha value is -1.50. The number of hydrogen-bond donors (Lipinski definition) is 1. The second kappa shape index (κ2) is 12.3. The van der Waals surface area contributed by atoms with Crippen LogP contribution in [0.2, 0.25) is 0 Å². The lowest BCUT2D eigenvalue weighted by molar-refractivity contribution is 0.0639. The molecule has 3 rings (SSSR count). The van der Waals surface area contributed by atoms with Crippen molar-refractivity contribution in [1.82, 2.24) is 10.3 Å². The van der Waals surface area contributed by atoms with Gasteiger partial charge < -0.3 is 14.8 Å². The summed E-state index contributed by atoms with van der Waals surface area (Å²) < 4.78 is 25.0. The smallest absolute Gasteiger partial charge is 0.123 e. The summed E-state index contributed by atoms with van der Waals surface area (Å²) in [5.41, 5.74) is 1.87. The molecule has 1 unspecified atom stereocenters. The van der Waals surface area contributed by atoms with Crippen LogP contribution in [0.1, 0.15) is 50.6 Å². The molecular weight excluding hydrogens is 387 g/mol. The molecule has 0 saturated carbocycles. The van der Waals surface area contributed by atoms with Crippen molar-refractivity contribution in [3.05, 3.63) is 35.3 Å². The predicted molar refractivity (Wildman–Crippen MR) is 117 cm³/mol. The van der Waals surface area contributed by atoms with Crippen molar-refractivity contribution in [2.24, 2.45) is 5.92 Å². The van der Waals surface area contributed by atoms with Crippen LogP contribution in [-0.2, 0) is 11.3 Å². The average Bonchev–Trinajstić information content (AvgIpc) is 3.06. The van der Waals surface area contributed by atoms with Crippen molar-refractivity contribution < 1.29 is 13.9 Å². The van der Waals surface area contributed by atoms with E-state index in [4.69, 9.17) is 9.47 Å². The molecule has 6 heteroatoms. The molecule has 29 heavy (non-hydrogen) atoms. The first-order chi connectivity index (χ1) is 14.2. The highest BCUT2D eigenvalue weighted by atomic mass is 32.1. The third kappa shape index (κ3) is 7.68. The zero-order valence-corrected chi connectivity index (χ0v) is 18.2. The van der Waals surface area contributed by atoms with Crippen LogP contribution >= 0.6 is 11.3 Å². The molecule has 0 bridgehead atoms. The number of alkyl halides is 1. The molecule has 1 aliphatic rings. The Labute approximate surface area is 177 Å². The van der Waals surface area contributed by atoms with Crippen LogP contribution in [0.3, 0.4) is 0 Å². The van der Waals surface area contributed by atoms with E-state index in [-0.39, 0.29) is 6.61 Å². The van der Waals surface area contributed by atoms with Crippen LogP contribution in [0.15, 0.2) is 29.6 Å². The maximum atomic E-state index is 14.1. The molecule has 2 heterocycles. The fraction of sp³-hybridized carbons (Fsp3) is 0.609. The van der Waals surface area contributed by atoms with Gasteiger partial charge in [0.15, 0.2) is 0 Å². The van der Waals surface area contributed by atoms with E-state index in [1.807, 2.05) is 29.6 Å². The largest absolute Gasteiger partial charge is 0.497 e. The van der Waals surface area contributed by atoms with Gasteiger partial charge in [0.25, 0.3) is 0 Å². The molecule has 1 saturated heterocycles. The van der Waals surface area contributed by atoms with Gasteiger partial charge >= 0.3 is 0 Å². The van der Waals surface area contributed by atoms with Crippen LogP contribution in [0.5, 0.6) is 5.75 Å². The third-order valence-corrected chi connectivity index (χ3v) is 6.39. The lowest BCUT2D eigenvalue weighted by Gasteiger charge is -2.14. The van der Waals surface area contributed by atoms with E-state index in [0.717, 1.165) is 53.9 Å². The van der Waals surface area contributed by atoms with Gasteiger partial charge in [-0.05, 0) is 56.8 Å². The highest BCUT2D eigenvalue weighted by Gasteiger charge is 2.13. The molecule has 1 N–H and O–H groups in total. The van der Waals surface area contributed by atoms with Crippen molar-refractivity contribution >= 4 is 11.3 Å². The van der Waals surface area contributed by atoms with E-state index >= 15 is 0 Å². The molecule has 0 radical (unpaired) electrons. The minimum absolute atomic E-state index is 0.150. The van der Waals surface area contributed by atoms with Crippen molar-refractivity contribution in [2.75, 3.05) is 26.8 Å². The molecule has 0 amide bonds.